The van der Waals surface area contributed by atoms with Crippen LogP contribution in [0.3, 0.4) is 0 Å². The van der Waals surface area contributed by atoms with Gasteiger partial charge in [0, 0.05) is 6.08 Å². The zero-order chi connectivity index (χ0) is 12.7. The van der Waals surface area contributed by atoms with Crippen molar-refractivity contribution in [1.82, 2.24) is 0 Å². The summed E-state index contributed by atoms with van der Waals surface area (Å²) in [4.78, 5) is 10.8. The number of methoxy groups -OCH3 is 1. The van der Waals surface area contributed by atoms with Crippen LogP contribution in [0.25, 0.3) is 0 Å². The Kier molecular flexibility index (Phi) is 5.42. The smallest absolute Gasteiger partial charge is 0.330 e. The minimum atomic E-state index is -0.669. The minimum Gasteiger partial charge on any atom is -0.466 e. The lowest BCUT2D eigenvalue weighted by molar-refractivity contribution is -0.134. The van der Waals surface area contributed by atoms with E-state index in [0.29, 0.717) is 0 Å². The highest BCUT2D eigenvalue weighted by molar-refractivity contribution is 5.81. The Morgan fingerprint density at radius 1 is 1.41 bits per heavy atom. The molecular formula is C14H22O3. The third kappa shape index (κ3) is 4.35. The van der Waals surface area contributed by atoms with E-state index in [1.807, 2.05) is 0 Å². The van der Waals surface area contributed by atoms with Gasteiger partial charge in [-0.05, 0) is 31.3 Å². The summed E-state index contributed by atoms with van der Waals surface area (Å²) < 4.78 is 4.50. The van der Waals surface area contributed by atoms with Crippen LogP contribution in [0.1, 0.15) is 44.9 Å². The molecule has 1 aliphatic rings. The van der Waals surface area contributed by atoms with E-state index in [0.717, 1.165) is 44.1 Å². The predicted octanol–water partition coefficient (Wildman–Crippen LogP) is 2.75. The van der Waals surface area contributed by atoms with Crippen molar-refractivity contribution >= 4 is 5.97 Å². The standard InChI is InChI=1S/C14H22O3/c1-12(8-4-5-9-13(15)17-2)14(16)10-6-3-7-11-14/h5,9,16H,1,3-4,6-8,10-11H2,2H3/b9-5-. The summed E-state index contributed by atoms with van der Waals surface area (Å²) in [6.07, 6.45) is 9.64. The highest BCUT2D eigenvalue weighted by Gasteiger charge is 2.31. The molecule has 0 unspecified atom stereocenters. The molecule has 0 saturated heterocycles. The van der Waals surface area contributed by atoms with Crippen LogP contribution in [-0.4, -0.2) is 23.8 Å². The lowest BCUT2D eigenvalue weighted by atomic mass is 9.78. The van der Waals surface area contributed by atoms with Crippen LogP contribution < -0.4 is 0 Å². The maximum absolute atomic E-state index is 10.8. The minimum absolute atomic E-state index is 0.341. The van der Waals surface area contributed by atoms with E-state index in [1.54, 1.807) is 6.08 Å². The number of esters is 1. The van der Waals surface area contributed by atoms with Gasteiger partial charge < -0.3 is 9.84 Å². The summed E-state index contributed by atoms with van der Waals surface area (Å²) in [7, 11) is 1.36. The molecule has 0 aromatic heterocycles. The van der Waals surface area contributed by atoms with Crippen LogP contribution in [-0.2, 0) is 9.53 Å². The normalized spacial score (nSPS) is 19.2. The Morgan fingerprint density at radius 2 is 2.06 bits per heavy atom. The van der Waals surface area contributed by atoms with Crippen molar-refractivity contribution in [3.63, 3.8) is 0 Å². The van der Waals surface area contributed by atoms with Crippen LogP contribution in [0, 0.1) is 0 Å². The maximum atomic E-state index is 10.8. The zero-order valence-electron chi connectivity index (χ0n) is 10.6. The summed E-state index contributed by atoms with van der Waals surface area (Å²) >= 11 is 0. The monoisotopic (exact) mass is 238 g/mol. The van der Waals surface area contributed by atoms with E-state index >= 15 is 0 Å². The largest absolute Gasteiger partial charge is 0.466 e. The lowest BCUT2D eigenvalue weighted by Gasteiger charge is -2.34. The Hall–Kier alpha value is -1.09. The van der Waals surface area contributed by atoms with Crippen LogP contribution in [0.5, 0.6) is 0 Å². The second-order valence-corrected chi connectivity index (χ2v) is 4.66. The average molecular weight is 238 g/mol. The molecule has 0 heterocycles. The second-order valence-electron chi connectivity index (χ2n) is 4.66. The van der Waals surface area contributed by atoms with Gasteiger partial charge in [0.15, 0.2) is 0 Å². The quantitative estimate of drug-likeness (QED) is 0.455. The van der Waals surface area contributed by atoms with Crippen molar-refractivity contribution in [2.45, 2.75) is 50.5 Å². The van der Waals surface area contributed by atoms with Crippen molar-refractivity contribution in [2.75, 3.05) is 7.11 Å². The van der Waals surface area contributed by atoms with E-state index in [9.17, 15) is 9.90 Å². The molecule has 0 atom stereocenters. The first kappa shape index (κ1) is 14.0. The number of carbonyl (C=O) groups excluding carboxylic acids is 1. The van der Waals surface area contributed by atoms with Crippen LogP contribution >= 0.6 is 0 Å². The third-order valence-electron chi connectivity index (χ3n) is 3.41. The molecule has 0 amide bonds. The first-order valence-corrected chi connectivity index (χ1v) is 6.23. The van der Waals surface area contributed by atoms with Gasteiger partial charge in [-0.25, -0.2) is 4.79 Å². The molecule has 3 nitrogen and oxygen atoms in total. The summed E-state index contributed by atoms with van der Waals surface area (Å²) in [6, 6.07) is 0. The fourth-order valence-corrected chi connectivity index (χ4v) is 2.23. The predicted molar refractivity (Wildman–Crippen MR) is 67.6 cm³/mol. The molecule has 0 aliphatic heterocycles. The van der Waals surface area contributed by atoms with Crippen LogP contribution in [0.4, 0.5) is 0 Å². The Bertz CT molecular complexity index is 299. The van der Waals surface area contributed by atoms with Crippen LogP contribution in [0.2, 0.25) is 0 Å². The number of rotatable bonds is 5. The van der Waals surface area contributed by atoms with Crippen molar-refractivity contribution in [1.29, 1.82) is 0 Å². The highest BCUT2D eigenvalue weighted by Crippen LogP contribution is 2.35. The van der Waals surface area contributed by atoms with E-state index < -0.39 is 5.60 Å². The number of carbonyl (C=O) groups is 1. The average Bonchev–Trinajstić information content (AvgIpc) is 2.34. The van der Waals surface area contributed by atoms with Crippen molar-refractivity contribution in [3.8, 4) is 0 Å². The summed E-state index contributed by atoms with van der Waals surface area (Å²) in [6.45, 7) is 3.99. The third-order valence-corrected chi connectivity index (χ3v) is 3.41. The van der Waals surface area contributed by atoms with E-state index in [2.05, 4.69) is 11.3 Å². The fourth-order valence-electron chi connectivity index (χ4n) is 2.23. The van der Waals surface area contributed by atoms with E-state index in [1.165, 1.54) is 19.6 Å². The number of aliphatic hydroxyl groups is 1. The van der Waals surface area contributed by atoms with Gasteiger partial charge in [0.25, 0.3) is 0 Å². The molecule has 96 valence electrons. The van der Waals surface area contributed by atoms with Gasteiger partial charge in [0.05, 0.1) is 12.7 Å². The summed E-state index contributed by atoms with van der Waals surface area (Å²) in [5, 5.41) is 10.4. The second kappa shape index (κ2) is 6.60. The number of ether oxygens (including phenoxy) is 1. The molecule has 0 spiro atoms. The van der Waals surface area contributed by atoms with E-state index in [-0.39, 0.29) is 5.97 Å². The van der Waals surface area contributed by atoms with Crippen LogP contribution in [0.15, 0.2) is 24.3 Å². The molecule has 0 aromatic carbocycles. The maximum Gasteiger partial charge on any atom is 0.330 e. The number of allylic oxidation sites excluding steroid dienone is 1. The summed E-state index contributed by atoms with van der Waals surface area (Å²) in [5.41, 5.74) is 0.226. The highest BCUT2D eigenvalue weighted by atomic mass is 16.5. The van der Waals surface area contributed by atoms with E-state index in [4.69, 9.17) is 0 Å². The molecule has 0 bridgehead atoms. The first-order valence-electron chi connectivity index (χ1n) is 6.23. The molecule has 1 fully saturated rings. The number of hydrogen-bond acceptors (Lipinski definition) is 3. The SMILES string of the molecule is C=C(CC/C=C\C(=O)OC)C1(O)CCCCC1. The molecule has 0 aromatic rings. The van der Waals surface area contributed by atoms with Crippen molar-refractivity contribution in [2.24, 2.45) is 0 Å². The van der Waals surface area contributed by atoms with Gasteiger partial charge in [0.2, 0.25) is 0 Å². The zero-order valence-corrected chi connectivity index (χ0v) is 10.6. The molecule has 1 rings (SSSR count). The topological polar surface area (TPSA) is 46.5 Å². The molecule has 1 saturated carbocycles. The van der Waals surface area contributed by atoms with Crippen molar-refractivity contribution in [3.05, 3.63) is 24.3 Å². The van der Waals surface area contributed by atoms with Gasteiger partial charge in [-0.1, -0.05) is 31.9 Å². The molecule has 17 heavy (non-hydrogen) atoms. The molecule has 1 N–H and O–H groups in total. The van der Waals surface area contributed by atoms with Gasteiger partial charge in [-0.2, -0.15) is 0 Å². The Labute approximate surface area is 103 Å². The van der Waals surface area contributed by atoms with Gasteiger partial charge in [-0.3, -0.25) is 0 Å². The van der Waals surface area contributed by atoms with Crippen molar-refractivity contribution < 1.29 is 14.6 Å². The fraction of sp³-hybridized carbons (Fsp3) is 0.643. The van der Waals surface area contributed by atoms with Gasteiger partial charge >= 0.3 is 5.97 Å². The molecular weight excluding hydrogens is 216 g/mol. The molecule has 3 heteroatoms. The molecule has 1 aliphatic carbocycles. The molecule has 0 radical (unpaired) electrons. The lowest BCUT2D eigenvalue weighted by Crippen LogP contribution is -2.33. The van der Waals surface area contributed by atoms with Gasteiger partial charge in [-0.15, -0.1) is 0 Å². The Balaban J connectivity index is 2.33. The summed E-state index contributed by atoms with van der Waals surface area (Å²) in [5.74, 6) is -0.341. The first-order chi connectivity index (χ1) is 8.08. The number of hydrogen-bond donors (Lipinski definition) is 1. The Morgan fingerprint density at radius 3 is 2.65 bits per heavy atom. The van der Waals surface area contributed by atoms with Gasteiger partial charge in [0.1, 0.15) is 0 Å².